The molecule has 0 aliphatic heterocycles. The molecule has 0 heterocycles. The van der Waals surface area contributed by atoms with Crippen molar-refractivity contribution in [2.45, 2.75) is 25.7 Å². The summed E-state index contributed by atoms with van der Waals surface area (Å²) >= 11 is 0. The van der Waals surface area contributed by atoms with Gasteiger partial charge in [-0.25, -0.2) is 0 Å². The van der Waals surface area contributed by atoms with Gasteiger partial charge in [0.2, 0.25) is 0 Å². The summed E-state index contributed by atoms with van der Waals surface area (Å²) in [5, 5.41) is 10.4. The third-order valence-corrected chi connectivity index (χ3v) is 2.47. The van der Waals surface area contributed by atoms with Gasteiger partial charge in [0.25, 0.3) is 5.69 Å². The van der Waals surface area contributed by atoms with E-state index in [4.69, 9.17) is 0 Å². The highest BCUT2D eigenvalue weighted by molar-refractivity contribution is 5.68. The van der Waals surface area contributed by atoms with Gasteiger partial charge in [0.15, 0.2) is 0 Å². The maximum atomic E-state index is 10.8. The largest absolute Gasteiger partial charge is 0.469 e. The first-order chi connectivity index (χ1) is 8.13. The van der Waals surface area contributed by atoms with E-state index in [1.165, 1.54) is 19.2 Å². The first kappa shape index (κ1) is 13.2. The van der Waals surface area contributed by atoms with Gasteiger partial charge < -0.3 is 4.74 Å². The van der Waals surface area contributed by atoms with Crippen LogP contribution >= 0.6 is 0 Å². The molecule has 0 aliphatic carbocycles. The minimum atomic E-state index is -0.416. The average molecular weight is 237 g/mol. The number of esters is 1. The Hall–Kier alpha value is -1.91. The van der Waals surface area contributed by atoms with Crippen molar-refractivity contribution in [1.29, 1.82) is 0 Å². The van der Waals surface area contributed by atoms with Gasteiger partial charge in [0, 0.05) is 18.6 Å². The molecule has 0 bridgehead atoms. The number of unbranched alkanes of at least 4 members (excludes halogenated alkanes) is 1. The second kappa shape index (κ2) is 6.62. The minimum Gasteiger partial charge on any atom is -0.469 e. The summed E-state index contributed by atoms with van der Waals surface area (Å²) in [4.78, 5) is 20.9. The van der Waals surface area contributed by atoms with Gasteiger partial charge >= 0.3 is 5.97 Å². The molecule has 0 aromatic heterocycles. The molecule has 0 N–H and O–H groups in total. The fourth-order valence-electron chi connectivity index (χ4n) is 1.48. The number of nitro benzene ring substituents is 1. The Balaban J connectivity index is 2.32. The van der Waals surface area contributed by atoms with E-state index in [0.717, 1.165) is 24.8 Å². The number of benzene rings is 1. The third kappa shape index (κ3) is 4.63. The van der Waals surface area contributed by atoms with Crippen molar-refractivity contribution in [2.24, 2.45) is 0 Å². The number of methoxy groups -OCH3 is 1. The van der Waals surface area contributed by atoms with Crippen LogP contribution in [0.25, 0.3) is 0 Å². The number of carbonyl (C=O) groups excluding carboxylic acids is 1. The summed E-state index contributed by atoms with van der Waals surface area (Å²) in [6, 6.07) is 6.48. The monoisotopic (exact) mass is 237 g/mol. The van der Waals surface area contributed by atoms with Crippen molar-refractivity contribution in [2.75, 3.05) is 7.11 Å². The van der Waals surface area contributed by atoms with Gasteiger partial charge in [-0.05, 0) is 24.8 Å². The molecule has 0 amide bonds. The van der Waals surface area contributed by atoms with Crippen molar-refractivity contribution in [1.82, 2.24) is 0 Å². The maximum Gasteiger partial charge on any atom is 0.305 e. The smallest absolute Gasteiger partial charge is 0.305 e. The first-order valence-electron chi connectivity index (χ1n) is 5.43. The number of non-ortho nitro benzene ring substituents is 1. The van der Waals surface area contributed by atoms with Crippen LogP contribution < -0.4 is 0 Å². The highest BCUT2D eigenvalue weighted by Crippen LogP contribution is 2.14. The molecule has 0 spiro atoms. The molecule has 0 radical (unpaired) electrons. The van der Waals surface area contributed by atoms with Crippen LogP contribution in [0.15, 0.2) is 24.3 Å². The standard InChI is InChI=1S/C12H15NO4/c1-17-12(14)5-3-2-4-10-6-8-11(9-7-10)13(15)16/h6-9H,2-5H2,1H3. The zero-order valence-electron chi connectivity index (χ0n) is 9.72. The highest BCUT2D eigenvalue weighted by Gasteiger charge is 2.04. The van der Waals surface area contributed by atoms with Crippen LogP contribution in [0.3, 0.4) is 0 Å². The van der Waals surface area contributed by atoms with Crippen LogP contribution in [0, 0.1) is 10.1 Å². The molecule has 1 aromatic rings. The predicted molar refractivity (Wildman–Crippen MR) is 62.7 cm³/mol. The van der Waals surface area contributed by atoms with E-state index in [-0.39, 0.29) is 11.7 Å². The number of ether oxygens (including phenoxy) is 1. The number of rotatable bonds is 6. The van der Waals surface area contributed by atoms with Crippen molar-refractivity contribution >= 4 is 11.7 Å². The Bertz CT molecular complexity index is 386. The average Bonchev–Trinajstić information content (AvgIpc) is 2.34. The van der Waals surface area contributed by atoms with Crippen LogP contribution in [0.2, 0.25) is 0 Å². The van der Waals surface area contributed by atoms with E-state index < -0.39 is 4.92 Å². The summed E-state index contributed by atoms with van der Waals surface area (Å²) in [6.45, 7) is 0. The lowest BCUT2D eigenvalue weighted by Crippen LogP contribution is -1.99. The van der Waals surface area contributed by atoms with Gasteiger partial charge in [-0.3, -0.25) is 14.9 Å². The maximum absolute atomic E-state index is 10.8. The Morgan fingerprint density at radius 3 is 2.47 bits per heavy atom. The van der Waals surface area contributed by atoms with Gasteiger partial charge in [0.05, 0.1) is 12.0 Å². The molecule has 5 nitrogen and oxygen atoms in total. The summed E-state index contributed by atoms with van der Waals surface area (Å²) < 4.78 is 4.53. The number of hydrogen-bond acceptors (Lipinski definition) is 4. The van der Waals surface area contributed by atoms with Crippen molar-refractivity contribution < 1.29 is 14.5 Å². The summed E-state index contributed by atoms with van der Waals surface area (Å²) in [7, 11) is 1.37. The summed E-state index contributed by atoms with van der Waals surface area (Å²) in [5.41, 5.74) is 1.14. The second-order valence-corrected chi connectivity index (χ2v) is 3.71. The fourth-order valence-corrected chi connectivity index (χ4v) is 1.48. The Morgan fingerprint density at radius 1 is 1.29 bits per heavy atom. The second-order valence-electron chi connectivity index (χ2n) is 3.71. The Morgan fingerprint density at radius 2 is 1.94 bits per heavy atom. The number of nitro groups is 1. The van der Waals surface area contributed by atoms with Crippen molar-refractivity contribution in [3.8, 4) is 0 Å². The molecule has 0 atom stereocenters. The minimum absolute atomic E-state index is 0.100. The number of nitrogens with zero attached hydrogens (tertiary/aromatic N) is 1. The lowest BCUT2D eigenvalue weighted by Gasteiger charge is -2.01. The predicted octanol–water partition coefficient (Wildman–Crippen LogP) is 2.48. The van der Waals surface area contributed by atoms with E-state index in [2.05, 4.69) is 4.74 Å². The van der Waals surface area contributed by atoms with Gasteiger partial charge in [-0.2, -0.15) is 0 Å². The topological polar surface area (TPSA) is 69.4 Å². The molecule has 5 heteroatoms. The lowest BCUT2D eigenvalue weighted by molar-refractivity contribution is -0.384. The summed E-state index contributed by atoms with van der Waals surface area (Å²) in [5.74, 6) is -0.200. The van der Waals surface area contributed by atoms with Crippen LogP contribution in [0.5, 0.6) is 0 Å². The molecule has 92 valence electrons. The van der Waals surface area contributed by atoms with Crippen LogP contribution in [0.1, 0.15) is 24.8 Å². The normalized spacial score (nSPS) is 9.94. The van der Waals surface area contributed by atoms with Crippen LogP contribution in [-0.4, -0.2) is 18.0 Å². The molecule has 0 saturated carbocycles. The van der Waals surface area contributed by atoms with E-state index in [9.17, 15) is 14.9 Å². The Kier molecular flexibility index (Phi) is 5.13. The molecular weight excluding hydrogens is 222 g/mol. The molecular formula is C12H15NO4. The van der Waals surface area contributed by atoms with E-state index >= 15 is 0 Å². The van der Waals surface area contributed by atoms with Gasteiger partial charge in [0.1, 0.15) is 0 Å². The molecule has 0 saturated heterocycles. The van der Waals surface area contributed by atoms with Crippen LogP contribution in [-0.2, 0) is 16.0 Å². The fraction of sp³-hybridized carbons (Fsp3) is 0.417. The molecule has 0 aliphatic rings. The van der Waals surface area contributed by atoms with Crippen molar-refractivity contribution in [3.05, 3.63) is 39.9 Å². The van der Waals surface area contributed by atoms with Crippen LogP contribution in [0.4, 0.5) is 5.69 Å². The van der Waals surface area contributed by atoms with Crippen molar-refractivity contribution in [3.63, 3.8) is 0 Å². The first-order valence-corrected chi connectivity index (χ1v) is 5.43. The zero-order chi connectivity index (χ0) is 12.7. The quantitative estimate of drug-likeness (QED) is 0.330. The summed E-state index contributed by atoms with van der Waals surface area (Å²) in [6.07, 6.45) is 2.87. The lowest BCUT2D eigenvalue weighted by atomic mass is 10.1. The molecule has 1 rings (SSSR count). The molecule has 0 unspecified atom stereocenters. The molecule has 1 aromatic carbocycles. The zero-order valence-corrected chi connectivity index (χ0v) is 9.72. The number of aryl methyl sites for hydroxylation is 1. The van der Waals surface area contributed by atoms with E-state index in [1.807, 2.05) is 0 Å². The molecule has 0 fully saturated rings. The van der Waals surface area contributed by atoms with E-state index in [1.54, 1.807) is 12.1 Å². The third-order valence-electron chi connectivity index (χ3n) is 2.47. The Labute approximate surface area is 99.5 Å². The SMILES string of the molecule is COC(=O)CCCCc1ccc([N+](=O)[O-])cc1. The van der Waals surface area contributed by atoms with E-state index in [0.29, 0.717) is 6.42 Å². The number of hydrogen-bond donors (Lipinski definition) is 0. The number of carbonyl (C=O) groups is 1. The molecule has 17 heavy (non-hydrogen) atoms. The van der Waals surface area contributed by atoms with Gasteiger partial charge in [-0.1, -0.05) is 12.1 Å². The van der Waals surface area contributed by atoms with Gasteiger partial charge in [-0.15, -0.1) is 0 Å². The highest BCUT2D eigenvalue weighted by atomic mass is 16.6.